The van der Waals surface area contributed by atoms with Gasteiger partial charge in [0.15, 0.2) is 0 Å². The minimum atomic E-state index is -0.360. The van der Waals surface area contributed by atoms with Crippen LogP contribution in [0.4, 0.5) is 0 Å². The van der Waals surface area contributed by atoms with Gasteiger partial charge in [-0.2, -0.15) is 0 Å². The molecule has 1 aromatic carbocycles. The maximum Gasteiger partial charge on any atom is 0.330 e. The van der Waals surface area contributed by atoms with Crippen molar-refractivity contribution in [3.05, 3.63) is 48.6 Å². The van der Waals surface area contributed by atoms with Gasteiger partial charge in [-0.1, -0.05) is 36.9 Å². The molecule has 0 amide bonds. The Bertz CT molecular complexity index is 398. The summed E-state index contributed by atoms with van der Waals surface area (Å²) in [5.74, 6) is -0.360. The van der Waals surface area contributed by atoms with Crippen LogP contribution in [0.25, 0.3) is 0 Å². The van der Waals surface area contributed by atoms with Crippen molar-refractivity contribution < 1.29 is 14.0 Å². The van der Waals surface area contributed by atoms with Crippen LogP contribution in [-0.2, 0) is 16.1 Å². The van der Waals surface area contributed by atoms with Crippen LogP contribution >= 0.6 is 0 Å². The van der Waals surface area contributed by atoms with E-state index in [-0.39, 0.29) is 12.0 Å². The Hall–Kier alpha value is -1.61. The topological polar surface area (TPSA) is 26.3 Å². The van der Waals surface area contributed by atoms with E-state index in [1.807, 2.05) is 18.2 Å². The SMILES string of the molecule is C=CC(=O)OCC(C)[N+](C)(C)Cc1ccccc1. The Morgan fingerprint density at radius 3 is 2.56 bits per heavy atom. The lowest BCUT2D eigenvalue weighted by molar-refractivity contribution is -0.926. The van der Waals surface area contributed by atoms with Crippen LogP contribution in [0, 0.1) is 0 Å². The second-order valence-electron chi connectivity index (χ2n) is 5.11. The third kappa shape index (κ3) is 4.34. The van der Waals surface area contributed by atoms with E-state index in [4.69, 9.17) is 4.74 Å². The third-order valence-corrected chi connectivity index (χ3v) is 3.26. The highest BCUT2D eigenvalue weighted by atomic mass is 16.5. The first-order valence-electron chi connectivity index (χ1n) is 6.11. The smallest absolute Gasteiger partial charge is 0.330 e. The van der Waals surface area contributed by atoms with Crippen molar-refractivity contribution in [1.29, 1.82) is 0 Å². The summed E-state index contributed by atoms with van der Waals surface area (Å²) in [6.07, 6.45) is 1.20. The molecule has 0 radical (unpaired) electrons. The van der Waals surface area contributed by atoms with Crippen molar-refractivity contribution in [2.45, 2.75) is 19.5 Å². The minimum absolute atomic E-state index is 0.231. The van der Waals surface area contributed by atoms with E-state index < -0.39 is 0 Å². The molecule has 0 aliphatic heterocycles. The average molecular weight is 248 g/mol. The fraction of sp³-hybridized carbons (Fsp3) is 0.400. The first-order chi connectivity index (χ1) is 8.45. The number of quaternary nitrogens is 1. The van der Waals surface area contributed by atoms with Gasteiger partial charge in [0, 0.05) is 11.6 Å². The van der Waals surface area contributed by atoms with E-state index in [1.165, 1.54) is 11.6 Å². The lowest BCUT2D eigenvalue weighted by Crippen LogP contribution is -2.48. The van der Waals surface area contributed by atoms with Crippen molar-refractivity contribution in [1.82, 2.24) is 0 Å². The predicted octanol–water partition coefficient (Wildman–Crippen LogP) is 2.38. The molecule has 1 aromatic rings. The number of hydrogen-bond acceptors (Lipinski definition) is 2. The zero-order valence-corrected chi connectivity index (χ0v) is 11.4. The minimum Gasteiger partial charge on any atom is -0.456 e. The van der Waals surface area contributed by atoms with Crippen molar-refractivity contribution in [3.63, 3.8) is 0 Å². The van der Waals surface area contributed by atoms with Gasteiger partial charge in [-0.05, 0) is 6.92 Å². The summed E-state index contributed by atoms with van der Waals surface area (Å²) in [6, 6.07) is 10.5. The molecule has 3 heteroatoms. The number of likely N-dealkylation sites (N-methyl/N-ethyl adjacent to an activating group) is 1. The van der Waals surface area contributed by atoms with Gasteiger partial charge in [-0.3, -0.25) is 0 Å². The van der Waals surface area contributed by atoms with Crippen LogP contribution in [0.3, 0.4) is 0 Å². The van der Waals surface area contributed by atoms with Crippen LogP contribution in [0.1, 0.15) is 12.5 Å². The normalized spacial score (nSPS) is 12.8. The quantitative estimate of drug-likeness (QED) is 0.439. The first-order valence-corrected chi connectivity index (χ1v) is 6.11. The highest BCUT2D eigenvalue weighted by molar-refractivity contribution is 5.81. The molecule has 1 unspecified atom stereocenters. The monoisotopic (exact) mass is 248 g/mol. The van der Waals surface area contributed by atoms with Gasteiger partial charge in [0.05, 0.1) is 14.1 Å². The summed E-state index contributed by atoms with van der Waals surface area (Å²) < 4.78 is 5.88. The lowest BCUT2D eigenvalue weighted by atomic mass is 10.1. The van der Waals surface area contributed by atoms with E-state index in [2.05, 4.69) is 39.7 Å². The molecule has 98 valence electrons. The highest BCUT2D eigenvalue weighted by Crippen LogP contribution is 2.14. The fourth-order valence-electron chi connectivity index (χ4n) is 1.67. The Morgan fingerprint density at radius 2 is 2.00 bits per heavy atom. The molecule has 0 aliphatic carbocycles. The summed E-state index contributed by atoms with van der Waals surface area (Å²) in [5, 5.41) is 0. The van der Waals surface area contributed by atoms with Crippen molar-refractivity contribution in [2.24, 2.45) is 0 Å². The van der Waals surface area contributed by atoms with E-state index in [0.717, 1.165) is 11.0 Å². The number of carbonyl (C=O) groups is 1. The summed E-state index contributed by atoms with van der Waals surface area (Å²) in [5.41, 5.74) is 1.28. The van der Waals surface area contributed by atoms with E-state index in [9.17, 15) is 4.79 Å². The van der Waals surface area contributed by atoms with Crippen LogP contribution in [0.15, 0.2) is 43.0 Å². The molecular formula is C15H22NO2+. The second kappa shape index (κ2) is 6.36. The Balaban J connectivity index is 2.56. The molecule has 0 spiro atoms. The maximum atomic E-state index is 11.1. The zero-order chi connectivity index (χ0) is 13.6. The molecule has 0 aromatic heterocycles. The van der Waals surface area contributed by atoms with Crippen LogP contribution in [-0.4, -0.2) is 37.2 Å². The lowest BCUT2D eigenvalue weighted by Gasteiger charge is -2.35. The Morgan fingerprint density at radius 1 is 1.39 bits per heavy atom. The van der Waals surface area contributed by atoms with Crippen LogP contribution in [0.5, 0.6) is 0 Å². The third-order valence-electron chi connectivity index (χ3n) is 3.26. The van der Waals surface area contributed by atoms with Gasteiger partial charge in [0.25, 0.3) is 0 Å². The number of benzene rings is 1. The largest absolute Gasteiger partial charge is 0.456 e. The second-order valence-corrected chi connectivity index (χ2v) is 5.11. The fourth-order valence-corrected chi connectivity index (χ4v) is 1.67. The maximum absolute atomic E-state index is 11.1. The number of esters is 1. The molecule has 0 fully saturated rings. The summed E-state index contributed by atoms with van der Waals surface area (Å²) >= 11 is 0. The van der Waals surface area contributed by atoms with Crippen LogP contribution in [0.2, 0.25) is 0 Å². The molecule has 0 heterocycles. The molecule has 0 saturated carbocycles. The molecule has 1 rings (SSSR count). The molecule has 3 nitrogen and oxygen atoms in total. The molecule has 0 bridgehead atoms. The average Bonchev–Trinajstić information content (AvgIpc) is 2.36. The Labute approximate surface area is 109 Å². The van der Waals surface area contributed by atoms with Crippen LogP contribution < -0.4 is 0 Å². The molecule has 18 heavy (non-hydrogen) atoms. The summed E-state index contributed by atoms with van der Waals surface area (Å²) in [6.45, 7) is 6.79. The van der Waals surface area contributed by atoms with Gasteiger partial charge in [-0.15, -0.1) is 0 Å². The molecule has 1 atom stereocenters. The standard InChI is InChI=1S/C15H22NO2/c1-5-15(17)18-12-13(2)16(3,4)11-14-9-7-6-8-10-14/h5-10,13H,1,11-12H2,2-4H3/q+1. The number of rotatable bonds is 6. The highest BCUT2D eigenvalue weighted by Gasteiger charge is 2.25. The van der Waals surface area contributed by atoms with Crippen molar-refractivity contribution in [3.8, 4) is 0 Å². The van der Waals surface area contributed by atoms with Gasteiger partial charge < -0.3 is 9.22 Å². The molecule has 0 N–H and O–H groups in total. The predicted molar refractivity (Wildman–Crippen MR) is 72.9 cm³/mol. The van der Waals surface area contributed by atoms with E-state index >= 15 is 0 Å². The van der Waals surface area contributed by atoms with E-state index in [1.54, 1.807) is 0 Å². The molecule has 0 saturated heterocycles. The Kier molecular flexibility index (Phi) is 5.10. The molecular weight excluding hydrogens is 226 g/mol. The van der Waals surface area contributed by atoms with Gasteiger partial charge in [0.2, 0.25) is 0 Å². The van der Waals surface area contributed by atoms with Gasteiger partial charge in [-0.25, -0.2) is 4.79 Å². The molecule has 0 aliphatic rings. The number of ether oxygens (including phenoxy) is 1. The number of hydrogen-bond donors (Lipinski definition) is 0. The van der Waals surface area contributed by atoms with E-state index in [0.29, 0.717) is 6.61 Å². The number of carbonyl (C=O) groups excluding carboxylic acids is 1. The summed E-state index contributed by atoms with van der Waals surface area (Å²) in [7, 11) is 4.28. The van der Waals surface area contributed by atoms with Crippen molar-refractivity contribution >= 4 is 5.97 Å². The van der Waals surface area contributed by atoms with Crippen molar-refractivity contribution in [2.75, 3.05) is 20.7 Å². The van der Waals surface area contributed by atoms with Gasteiger partial charge in [0.1, 0.15) is 19.2 Å². The zero-order valence-electron chi connectivity index (χ0n) is 11.4. The first kappa shape index (κ1) is 14.5. The van der Waals surface area contributed by atoms with Gasteiger partial charge >= 0.3 is 5.97 Å². The summed E-state index contributed by atoms with van der Waals surface area (Å²) in [4.78, 5) is 11.1. The number of nitrogens with zero attached hydrogens (tertiary/aromatic N) is 1.